The van der Waals surface area contributed by atoms with Crippen LogP contribution in [0.5, 0.6) is 0 Å². The van der Waals surface area contributed by atoms with E-state index in [1.165, 1.54) is 41.3 Å². The zero-order chi connectivity index (χ0) is 28.7. The van der Waals surface area contributed by atoms with E-state index in [-0.39, 0.29) is 23.4 Å². The van der Waals surface area contributed by atoms with E-state index in [0.717, 1.165) is 9.87 Å². The normalized spacial score (nSPS) is 12.9. The number of carbonyl (C=O) groups is 2. The Morgan fingerprint density at radius 1 is 0.923 bits per heavy atom. The van der Waals surface area contributed by atoms with Gasteiger partial charge in [-0.15, -0.1) is 0 Å². The first-order chi connectivity index (χ1) is 18.4. The van der Waals surface area contributed by atoms with Crippen molar-refractivity contribution in [2.24, 2.45) is 0 Å². The average Bonchev–Trinajstić information content (AvgIpc) is 2.91. The summed E-state index contributed by atoms with van der Waals surface area (Å²) in [4.78, 5) is 28.4. The highest BCUT2D eigenvalue weighted by atomic mass is 32.2. The maximum absolute atomic E-state index is 13.9. The largest absolute Gasteiger partial charge is 0.352 e. The molecule has 1 N–H and O–H groups in total. The molecule has 0 heterocycles. The van der Waals surface area contributed by atoms with Gasteiger partial charge < -0.3 is 10.2 Å². The maximum atomic E-state index is 13.9. The van der Waals surface area contributed by atoms with Crippen LogP contribution in [-0.4, -0.2) is 43.8 Å². The van der Waals surface area contributed by atoms with Gasteiger partial charge in [-0.2, -0.15) is 0 Å². The first-order valence-electron chi connectivity index (χ1n) is 12.9. The van der Waals surface area contributed by atoms with Gasteiger partial charge in [0.25, 0.3) is 10.0 Å². The number of sulfonamides is 1. The van der Waals surface area contributed by atoms with Crippen LogP contribution in [0.1, 0.15) is 43.9 Å². The van der Waals surface area contributed by atoms with Crippen molar-refractivity contribution in [1.29, 1.82) is 0 Å². The van der Waals surface area contributed by atoms with Crippen LogP contribution in [0.25, 0.3) is 0 Å². The van der Waals surface area contributed by atoms with Gasteiger partial charge in [-0.25, -0.2) is 12.8 Å². The number of halogens is 1. The number of benzene rings is 3. The molecular weight excluding hydrogens is 517 g/mol. The molecule has 0 aliphatic rings. The van der Waals surface area contributed by atoms with Crippen molar-refractivity contribution < 1.29 is 22.4 Å². The van der Waals surface area contributed by atoms with Crippen LogP contribution in [0.3, 0.4) is 0 Å². The lowest BCUT2D eigenvalue weighted by atomic mass is 10.1. The number of amides is 2. The molecule has 7 nitrogen and oxygen atoms in total. The number of anilines is 1. The maximum Gasteiger partial charge on any atom is 0.264 e. The van der Waals surface area contributed by atoms with Gasteiger partial charge in [0.15, 0.2) is 0 Å². The fourth-order valence-electron chi connectivity index (χ4n) is 4.03. The zero-order valence-electron chi connectivity index (χ0n) is 23.0. The minimum Gasteiger partial charge on any atom is -0.352 e. The van der Waals surface area contributed by atoms with E-state index in [1.807, 2.05) is 20.8 Å². The zero-order valence-corrected chi connectivity index (χ0v) is 23.8. The molecule has 0 aromatic heterocycles. The Morgan fingerprint density at radius 3 is 2.13 bits per heavy atom. The number of rotatable bonds is 11. The van der Waals surface area contributed by atoms with Gasteiger partial charge in [-0.1, -0.05) is 55.0 Å². The van der Waals surface area contributed by atoms with Crippen LogP contribution in [-0.2, 0) is 26.2 Å². The number of nitrogens with zero attached hydrogens (tertiary/aromatic N) is 2. The van der Waals surface area contributed by atoms with E-state index in [0.29, 0.717) is 23.2 Å². The molecule has 0 saturated carbocycles. The smallest absolute Gasteiger partial charge is 0.264 e. The third-order valence-corrected chi connectivity index (χ3v) is 8.48. The Balaban J connectivity index is 2.03. The lowest BCUT2D eigenvalue weighted by molar-refractivity contribution is -0.139. The molecule has 0 fully saturated rings. The Morgan fingerprint density at radius 2 is 1.54 bits per heavy atom. The topological polar surface area (TPSA) is 86.8 Å². The van der Waals surface area contributed by atoms with E-state index in [4.69, 9.17) is 0 Å². The molecule has 208 valence electrons. The molecule has 0 aliphatic heterocycles. The summed E-state index contributed by atoms with van der Waals surface area (Å²) in [5.74, 6) is -1.34. The summed E-state index contributed by atoms with van der Waals surface area (Å²) < 4.78 is 42.4. The van der Waals surface area contributed by atoms with E-state index in [2.05, 4.69) is 5.32 Å². The minimum atomic E-state index is -4.13. The summed E-state index contributed by atoms with van der Waals surface area (Å²) in [7, 11) is -4.13. The minimum absolute atomic E-state index is 0.000394. The Labute approximate surface area is 230 Å². The SMILES string of the molecule is CC[C@H](C)NC(=O)[C@H](C)N(Cc1ccc(F)cc1)C(=O)CN(c1ccccc1C)S(=O)(=O)c1ccc(C)cc1. The van der Waals surface area contributed by atoms with Crippen molar-refractivity contribution in [2.75, 3.05) is 10.8 Å². The van der Waals surface area contributed by atoms with E-state index in [1.54, 1.807) is 50.2 Å². The summed E-state index contributed by atoms with van der Waals surface area (Å²) >= 11 is 0. The van der Waals surface area contributed by atoms with Gasteiger partial charge in [0.2, 0.25) is 11.8 Å². The summed E-state index contributed by atoms with van der Waals surface area (Å²) in [6.45, 7) is 8.52. The predicted octanol–water partition coefficient (Wildman–Crippen LogP) is 4.97. The van der Waals surface area contributed by atoms with Crippen LogP contribution in [0.2, 0.25) is 0 Å². The first kappa shape index (κ1) is 29.8. The molecule has 3 rings (SSSR count). The van der Waals surface area contributed by atoms with Crippen molar-refractivity contribution in [3.63, 3.8) is 0 Å². The Hall–Kier alpha value is -3.72. The third kappa shape index (κ3) is 7.44. The molecular formula is C30H36FN3O4S. The lowest BCUT2D eigenvalue weighted by Gasteiger charge is -2.33. The highest BCUT2D eigenvalue weighted by molar-refractivity contribution is 7.92. The van der Waals surface area contributed by atoms with Gasteiger partial charge in [0.1, 0.15) is 18.4 Å². The molecule has 3 aromatic carbocycles. The summed E-state index contributed by atoms with van der Waals surface area (Å²) in [6, 6.07) is 18.0. The van der Waals surface area contributed by atoms with E-state index >= 15 is 0 Å². The van der Waals surface area contributed by atoms with Crippen LogP contribution >= 0.6 is 0 Å². The van der Waals surface area contributed by atoms with Gasteiger partial charge >= 0.3 is 0 Å². The molecule has 2 atom stereocenters. The second kappa shape index (κ2) is 12.9. The quantitative estimate of drug-likeness (QED) is 0.363. The van der Waals surface area contributed by atoms with Crippen LogP contribution in [0.15, 0.2) is 77.7 Å². The van der Waals surface area contributed by atoms with Crippen molar-refractivity contribution in [3.05, 3.63) is 95.3 Å². The average molecular weight is 554 g/mol. The second-order valence-corrected chi connectivity index (χ2v) is 11.6. The fraction of sp³-hybridized carbons (Fsp3) is 0.333. The monoisotopic (exact) mass is 553 g/mol. The van der Waals surface area contributed by atoms with Gasteiger partial charge in [-0.05, 0) is 75.6 Å². The molecule has 0 aliphatic carbocycles. The predicted molar refractivity (Wildman–Crippen MR) is 151 cm³/mol. The highest BCUT2D eigenvalue weighted by Crippen LogP contribution is 2.27. The Kier molecular flexibility index (Phi) is 9.86. The lowest BCUT2D eigenvalue weighted by Crippen LogP contribution is -2.52. The molecule has 0 saturated heterocycles. The van der Waals surface area contributed by atoms with E-state index in [9.17, 15) is 22.4 Å². The number of aryl methyl sites for hydroxylation is 2. The fourth-order valence-corrected chi connectivity index (χ4v) is 5.51. The van der Waals surface area contributed by atoms with Gasteiger partial charge in [-0.3, -0.25) is 13.9 Å². The van der Waals surface area contributed by atoms with E-state index < -0.39 is 34.3 Å². The van der Waals surface area contributed by atoms with Crippen molar-refractivity contribution >= 4 is 27.5 Å². The molecule has 39 heavy (non-hydrogen) atoms. The van der Waals surface area contributed by atoms with Crippen molar-refractivity contribution in [3.8, 4) is 0 Å². The number of nitrogens with one attached hydrogen (secondary N) is 1. The molecule has 2 amide bonds. The first-order valence-corrected chi connectivity index (χ1v) is 14.4. The number of hydrogen-bond acceptors (Lipinski definition) is 4. The molecule has 9 heteroatoms. The van der Waals surface area contributed by atoms with Crippen LogP contribution < -0.4 is 9.62 Å². The number of para-hydroxylation sites is 1. The van der Waals surface area contributed by atoms with Crippen molar-refractivity contribution in [1.82, 2.24) is 10.2 Å². The summed E-state index contributed by atoms with van der Waals surface area (Å²) in [5.41, 5.74) is 2.55. The second-order valence-electron chi connectivity index (χ2n) is 9.75. The Bertz CT molecular complexity index is 1390. The molecule has 0 spiro atoms. The standard InChI is InChI=1S/C30H36FN3O4S/c1-6-23(4)32-30(36)24(5)33(19-25-13-15-26(31)16-14-25)29(35)20-34(28-10-8-7-9-22(28)3)39(37,38)27-17-11-21(2)12-18-27/h7-18,23-24H,6,19-20H2,1-5H3,(H,32,36)/t23-,24-/m0/s1. The number of hydrogen-bond donors (Lipinski definition) is 1. The molecule has 0 unspecified atom stereocenters. The third-order valence-electron chi connectivity index (χ3n) is 6.71. The van der Waals surface area contributed by atoms with Gasteiger partial charge in [0, 0.05) is 12.6 Å². The highest BCUT2D eigenvalue weighted by Gasteiger charge is 2.33. The van der Waals surface area contributed by atoms with Crippen molar-refractivity contribution in [2.45, 2.75) is 64.6 Å². The summed E-state index contributed by atoms with van der Waals surface area (Å²) in [5, 5.41) is 2.89. The molecule has 0 radical (unpaired) electrons. The molecule has 0 bridgehead atoms. The van der Waals surface area contributed by atoms with Crippen LogP contribution in [0.4, 0.5) is 10.1 Å². The summed E-state index contributed by atoms with van der Waals surface area (Å²) in [6.07, 6.45) is 0.709. The van der Waals surface area contributed by atoms with Gasteiger partial charge in [0.05, 0.1) is 10.6 Å². The van der Waals surface area contributed by atoms with Crippen LogP contribution in [0, 0.1) is 19.7 Å². The number of carbonyl (C=O) groups excluding carboxylic acids is 2. The molecule has 3 aromatic rings.